The van der Waals surface area contributed by atoms with Crippen molar-refractivity contribution in [1.82, 2.24) is 9.88 Å². The number of rotatable bonds is 3. The molecule has 0 aliphatic carbocycles. The highest BCUT2D eigenvalue weighted by atomic mass is 19.1. The third-order valence-corrected chi connectivity index (χ3v) is 3.71. The lowest BCUT2D eigenvalue weighted by Crippen LogP contribution is -2.27. The van der Waals surface area contributed by atoms with E-state index in [1.54, 1.807) is 12.4 Å². The molecule has 0 saturated heterocycles. The van der Waals surface area contributed by atoms with Crippen molar-refractivity contribution >= 4 is 0 Å². The van der Waals surface area contributed by atoms with Gasteiger partial charge in [0.2, 0.25) is 0 Å². The standard InChI is InChI=1S/C15H15F2N3/c16-11-5-12-13(14(17)6-11)9-20(15(12)7-18)8-10-1-3-19-4-2-10/h1-6,15H,7-9,18H2. The van der Waals surface area contributed by atoms with Crippen LogP contribution < -0.4 is 5.73 Å². The first-order valence-corrected chi connectivity index (χ1v) is 6.50. The van der Waals surface area contributed by atoms with Gasteiger partial charge in [-0.05, 0) is 29.3 Å². The lowest BCUT2D eigenvalue weighted by atomic mass is 10.0. The average molecular weight is 275 g/mol. The van der Waals surface area contributed by atoms with Crippen LogP contribution in [0.25, 0.3) is 0 Å². The Balaban J connectivity index is 1.91. The third kappa shape index (κ3) is 2.30. The van der Waals surface area contributed by atoms with Gasteiger partial charge < -0.3 is 5.73 Å². The monoisotopic (exact) mass is 275 g/mol. The van der Waals surface area contributed by atoms with E-state index in [9.17, 15) is 8.78 Å². The Labute approximate surface area is 116 Å². The van der Waals surface area contributed by atoms with E-state index in [2.05, 4.69) is 9.88 Å². The molecular weight excluding hydrogens is 260 g/mol. The summed E-state index contributed by atoms with van der Waals surface area (Å²) in [5.74, 6) is -1.04. The van der Waals surface area contributed by atoms with Crippen molar-refractivity contribution < 1.29 is 8.78 Å². The summed E-state index contributed by atoms with van der Waals surface area (Å²) < 4.78 is 27.2. The molecule has 1 aromatic heterocycles. The largest absolute Gasteiger partial charge is 0.329 e. The number of hydrogen-bond acceptors (Lipinski definition) is 3. The Kier molecular flexibility index (Phi) is 3.46. The number of aromatic nitrogens is 1. The SMILES string of the molecule is NCC1c2cc(F)cc(F)c2CN1Cc1ccncc1. The number of pyridine rings is 1. The molecule has 0 saturated carbocycles. The van der Waals surface area contributed by atoms with E-state index in [0.717, 1.165) is 11.6 Å². The molecule has 2 heterocycles. The Hall–Kier alpha value is -1.85. The van der Waals surface area contributed by atoms with Crippen LogP contribution in [0.3, 0.4) is 0 Å². The Morgan fingerprint density at radius 3 is 2.70 bits per heavy atom. The van der Waals surface area contributed by atoms with Gasteiger partial charge in [0.05, 0.1) is 0 Å². The number of benzene rings is 1. The fourth-order valence-corrected chi connectivity index (χ4v) is 2.76. The maximum absolute atomic E-state index is 13.9. The molecule has 5 heteroatoms. The van der Waals surface area contributed by atoms with Gasteiger partial charge in [0.25, 0.3) is 0 Å². The minimum absolute atomic E-state index is 0.150. The topological polar surface area (TPSA) is 42.1 Å². The van der Waals surface area contributed by atoms with Gasteiger partial charge in [0.15, 0.2) is 0 Å². The van der Waals surface area contributed by atoms with E-state index >= 15 is 0 Å². The highest BCUT2D eigenvalue weighted by Gasteiger charge is 2.31. The summed E-state index contributed by atoms with van der Waals surface area (Å²) in [5.41, 5.74) is 8.09. The van der Waals surface area contributed by atoms with Crippen molar-refractivity contribution in [2.24, 2.45) is 5.73 Å². The lowest BCUT2D eigenvalue weighted by molar-refractivity contribution is 0.210. The van der Waals surface area contributed by atoms with Crippen molar-refractivity contribution in [1.29, 1.82) is 0 Å². The summed E-state index contributed by atoms with van der Waals surface area (Å²) in [6.45, 7) is 1.42. The Morgan fingerprint density at radius 2 is 2.00 bits per heavy atom. The van der Waals surface area contributed by atoms with Crippen LogP contribution in [-0.4, -0.2) is 16.4 Å². The zero-order chi connectivity index (χ0) is 14.1. The van der Waals surface area contributed by atoms with Crippen LogP contribution in [0.2, 0.25) is 0 Å². The van der Waals surface area contributed by atoms with Gasteiger partial charge in [-0.1, -0.05) is 0 Å². The average Bonchev–Trinajstić information content (AvgIpc) is 2.77. The van der Waals surface area contributed by atoms with Crippen LogP contribution >= 0.6 is 0 Å². The van der Waals surface area contributed by atoms with E-state index in [0.29, 0.717) is 30.8 Å². The molecule has 0 spiro atoms. The molecule has 3 rings (SSSR count). The van der Waals surface area contributed by atoms with Gasteiger partial charge in [-0.3, -0.25) is 9.88 Å². The van der Waals surface area contributed by atoms with E-state index in [-0.39, 0.29) is 6.04 Å². The molecule has 20 heavy (non-hydrogen) atoms. The molecule has 0 bridgehead atoms. The second kappa shape index (κ2) is 5.26. The minimum atomic E-state index is -0.550. The third-order valence-electron chi connectivity index (χ3n) is 3.71. The van der Waals surface area contributed by atoms with Crippen molar-refractivity contribution in [2.45, 2.75) is 19.1 Å². The molecule has 1 unspecified atom stereocenters. The molecule has 0 amide bonds. The predicted octanol–water partition coefficient (Wildman–Crippen LogP) is 2.38. The van der Waals surface area contributed by atoms with Crippen LogP contribution in [0, 0.1) is 11.6 Å². The summed E-state index contributed by atoms with van der Waals surface area (Å²) in [5, 5.41) is 0. The van der Waals surface area contributed by atoms with Crippen molar-refractivity contribution in [3.63, 3.8) is 0 Å². The number of nitrogens with zero attached hydrogens (tertiary/aromatic N) is 2. The second-order valence-corrected chi connectivity index (χ2v) is 4.97. The van der Waals surface area contributed by atoms with E-state index in [1.807, 2.05) is 12.1 Å². The highest BCUT2D eigenvalue weighted by molar-refractivity contribution is 5.36. The smallest absolute Gasteiger partial charge is 0.130 e. The number of fused-ring (bicyclic) bond motifs is 1. The zero-order valence-corrected chi connectivity index (χ0v) is 10.9. The van der Waals surface area contributed by atoms with E-state index in [4.69, 9.17) is 5.73 Å². The summed E-state index contributed by atoms with van der Waals surface area (Å²) >= 11 is 0. The fourth-order valence-electron chi connectivity index (χ4n) is 2.76. The van der Waals surface area contributed by atoms with Gasteiger partial charge in [0.1, 0.15) is 11.6 Å². The van der Waals surface area contributed by atoms with Crippen LogP contribution in [0.15, 0.2) is 36.7 Å². The molecule has 104 valence electrons. The van der Waals surface area contributed by atoms with Crippen molar-refractivity contribution in [3.05, 3.63) is 65.0 Å². The number of halogens is 2. The van der Waals surface area contributed by atoms with Gasteiger partial charge >= 0.3 is 0 Å². The fraction of sp³-hybridized carbons (Fsp3) is 0.267. The first-order valence-electron chi connectivity index (χ1n) is 6.50. The minimum Gasteiger partial charge on any atom is -0.329 e. The highest BCUT2D eigenvalue weighted by Crippen LogP contribution is 2.36. The first kappa shape index (κ1) is 13.1. The molecule has 1 aliphatic heterocycles. The van der Waals surface area contributed by atoms with E-state index in [1.165, 1.54) is 6.07 Å². The molecule has 2 aromatic rings. The molecule has 1 atom stereocenters. The predicted molar refractivity (Wildman–Crippen MR) is 71.6 cm³/mol. The maximum Gasteiger partial charge on any atom is 0.130 e. The van der Waals surface area contributed by atoms with Gasteiger partial charge in [-0.15, -0.1) is 0 Å². The number of nitrogens with two attached hydrogens (primary N) is 1. The molecule has 3 nitrogen and oxygen atoms in total. The quantitative estimate of drug-likeness (QED) is 0.935. The van der Waals surface area contributed by atoms with Gasteiger partial charge in [-0.25, -0.2) is 8.78 Å². The Bertz CT molecular complexity index is 616. The molecule has 2 N–H and O–H groups in total. The second-order valence-electron chi connectivity index (χ2n) is 4.97. The lowest BCUT2D eigenvalue weighted by Gasteiger charge is -2.23. The van der Waals surface area contributed by atoms with Crippen LogP contribution in [0.4, 0.5) is 8.78 Å². The summed E-state index contributed by atoms with van der Waals surface area (Å²) in [6.07, 6.45) is 3.44. The molecule has 1 aromatic carbocycles. The first-order chi connectivity index (χ1) is 9.69. The van der Waals surface area contributed by atoms with Crippen LogP contribution in [-0.2, 0) is 13.1 Å². The van der Waals surface area contributed by atoms with Gasteiger partial charge in [0, 0.05) is 49.7 Å². The van der Waals surface area contributed by atoms with Crippen LogP contribution in [0.5, 0.6) is 0 Å². The normalized spacial score (nSPS) is 18.2. The van der Waals surface area contributed by atoms with Crippen molar-refractivity contribution in [2.75, 3.05) is 6.54 Å². The summed E-state index contributed by atoms with van der Waals surface area (Å²) in [4.78, 5) is 6.03. The molecule has 0 radical (unpaired) electrons. The van der Waals surface area contributed by atoms with Gasteiger partial charge in [-0.2, -0.15) is 0 Å². The Morgan fingerprint density at radius 1 is 1.25 bits per heavy atom. The molecule has 0 fully saturated rings. The summed E-state index contributed by atoms with van der Waals surface area (Å²) in [6, 6.07) is 6.00. The summed E-state index contributed by atoms with van der Waals surface area (Å²) in [7, 11) is 0. The van der Waals surface area contributed by atoms with Crippen molar-refractivity contribution in [3.8, 4) is 0 Å². The maximum atomic E-state index is 13.9. The van der Waals surface area contributed by atoms with E-state index < -0.39 is 11.6 Å². The van der Waals surface area contributed by atoms with Crippen LogP contribution in [0.1, 0.15) is 22.7 Å². The zero-order valence-electron chi connectivity index (χ0n) is 10.9. The molecular formula is C15H15F2N3. The molecule has 1 aliphatic rings. The number of hydrogen-bond donors (Lipinski definition) is 1.